The molecule has 7 heteroatoms. The third-order valence-electron chi connectivity index (χ3n) is 4.07. The maximum atomic E-state index is 12.5. The van der Waals surface area contributed by atoms with Gasteiger partial charge in [-0.05, 0) is 26.7 Å². The zero-order valence-electron chi connectivity index (χ0n) is 12.3. The molecule has 0 spiro atoms. The van der Waals surface area contributed by atoms with Gasteiger partial charge >= 0.3 is 0 Å². The third-order valence-corrected chi connectivity index (χ3v) is 5.95. The lowest BCUT2D eigenvalue weighted by Crippen LogP contribution is -2.42. The fourth-order valence-corrected chi connectivity index (χ4v) is 5.25. The van der Waals surface area contributed by atoms with E-state index in [0.717, 1.165) is 18.5 Å². The molecule has 0 bridgehead atoms. The number of nitrogen functional groups attached to an aromatic ring is 1. The van der Waals surface area contributed by atoms with E-state index in [1.54, 1.807) is 4.68 Å². The van der Waals surface area contributed by atoms with E-state index in [4.69, 9.17) is 5.73 Å². The van der Waals surface area contributed by atoms with Crippen LogP contribution in [0, 0.1) is 0 Å². The standard InChI is InChI=1S/C13H23N3O3S/c1-4-6-10-11(14)12(17)16(15(10)5-2)13(3)7-8-20(18,19)9-13/h4-9,14H2,1-3H3. The molecule has 1 aromatic rings. The van der Waals surface area contributed by atoms with Crippen molar-refractivity contribution < 1.29 is 8.42 Å². The normalized spacial score (nSPS) is 25.1. The second-order valence-corrected chi connectivity index (χ2v) is 7.97. The van der Waals surface area contributed by atoms with Crippen molar-refractivity contribution in [3.05, 3.63) is 16.0 Å². The lowest BCUT2D eigenvalue weighted by molar-refractivity contribution is 0.265. The minimum absolute atomic E-state index is 0.00885. The van der Waals surface area contributed by atoms with Crippen LogP contribution in [-0.2, 0) is 28.3 Å². The van der Waals surface area contributed by atoms with Gasteiger partial charge in [0.15, 0.2) is 9.84 Å². The fraction of sp³-hybridized carbons (Fsp3) is 0.769. The molecule has 1 aromatic heterocycles. The van der Waals surface area contributed by atoms with Crippen LogP contribution in [0.5, 0.6) is 0 Å². The predicted molar refractivity (Wildman–Crippen MR) is 79.7 cm³/mol. The molecule has 6 nitrogen and oxygen atoms in total. The molecule has 1 atom stereocenters. The minimum Gasteiger partial charge on any atom is -0.393 e. The van der Waals surface area contributed by atoms with Gasteiger partial charge in [-0.25, -0.2) is 13.1 Å². The average Bonchev–Trinajstić information content (AvgIpc) is 2.78. The van der Waals surface area contributed by atoms with Crippen molar-refractivity contribution in [3.63, 3.8) is 0 Å². The van der Waals surface area contributed by atoms with Crippen molar-refractivity contribution in [1.29, 1.82) is 0 Å². The largest absolute Gasteiger partial charge is 0.393 e. The number of aromatic nitrogens is 2. The highest BCUT2D eigenvalue weighted by Gasteiger charge is 2.43. The van der Waals surface area contributed by atoms with Crippen LogP contribution in [0.15, 0.2) is 4.79 Å². The zero-order valence-corrected chi connectivity index (χ0v) is 13.2. The van der Waals surface area contributed by atoms with E-state index in [1.165, 1.54) is 0 Å². The third kappa shape index (κ3) is 2.28. The topological polar surface area (TPSA) is 87.1 Å². The fourth-order valence-electron chi connectivity index (χ4n) is 3.14. The Hall–Kier alpha value is -1.24. The maximum Gasteiger partial charge on any atom is 0.290 e. The van der Waals surface area contributed by atoms with Gasteiger partial charge in [0.2, 0.25) is 0 Å². The number of hydrogen-bond acceptors (Lipinski definition) is 4. The Bertz CT molecular complexity index is 672. The minimum atomic E-state index is -3.07. The van der Waals surface area contributed by atoms with Crippen LogP contribution in [0.1, 0.15) is 39.3 Å². The number of hydrogen-bond donors (Lipinski definition) is 1. The molecule has 2 heterocycles. The average molecular weight is 301 g/mol. The van der Waals surface area contributed by atoms with Gasteiger partial charge in [0.1, 0.15) is 5.69 Å². The molecular formula is C13H23N3O3S. The molecule has 1 aliphatic rings. The first kappa shape index (κ1) is 15.2. The maximum absolute atomic E-state index is 12.5. The van der Waals surface area contributed by atoms with Crippen LogP contribution in [0.2, 0.25) is 0 Å². The molecule has 1 saturated heterocycles. The smallest absolute Gasteiger partial charge is 0.290 e. The molecule has 1 aliphatic heterocycles. The molecule has 1 fully saturated rings. The van der Waals surface area contributed by atoms with Gasteiger partial charge in [0, 0.05) is 6.54 Å². The van der Waals surface area contributed by atoms with Crippen LogP contribution in [0.3, 0.4) is 0 Å². The lowest BCUT2D eigenvalue weighted by atomic mass is 10.0. The molecule has 0 aromatic carbocycles. The SMILES string of the molecule is CCCc1c(N)c(=O)n(C2(C)CCS(=O)(=O)C2)n1CC. The van der Waals surface area contributed by atoms with E-state index in [2.05, 4.69) is 0 Å². The van der Waals surface area contributed by atoms with Crippen LogP contribution in [0.25, 0.3) is 0 Å². The van der Waals surface area contributed by atoms with E-state index < -0.39 is 15.4 Å². The number of anilines is 1. The summed E-state index contributed by atoms with van der Waals surface area (Å²) in [5.74, 6) is 0.142. The first-order valence-corrected chi connectivity index (χ1v) is 8.89. The van der Waals surface area contributed by atoms with Gasteiger partial charge in [0.05, 0.1) is 22.7 Å². The van der Waals surface area contributed by atoms with Crippen LogP contribution in [-0.4, -0.2) is 29.3 Å². The van der Waals surface area contributed by atoms with Gasteiger partial charge < -0.3 is 5.73 Å². The Morgan fingerprint density at radius 1 is 1.35 bits per heavy atom. The molecule has 1 unspecified atom stereocenters. The van der Waals surface area contributed by atoms with Crippen LogP contribution < -0.4 is 11.3 Å². The second kappa shape index (κ2) is 4.95. The Kier molecular flexibility index (Phi) is 3.75. The van der Waals surface area contributed by atoms with Gasteiger partial charge in [0.25, 0.3) is 5.56 Å². The molecule has 0 aliphatic carbocycles. The molecule has 20 heavy (non-hydrogen) atoms. The predicted octanol–water partition coefficient (Wildman–Crippen LogP) is 0.738. The first-order valence-electron chi connectivity index (χ1n) is 7.07. The molecule has 2 rings (SSSR count). The van der Waals surface area contributed by atoms with E-state index in [0.29, 0.717) is 13.0 Å². The molecular weight excluding hydrogens is 278 g/mol. The molecule has 0 amide bonds. The van der Waals surface area contributed by atoms with E-state index >= 15 is 0 Å². The Balaban J connectivity index is 2.63. The van der Waals surface area contributed by atoms with Crippen molar-refractivity contribution in [3.8, 4) is 0 Å². The number of nitrogens with zero attached hydrogens (tertiary/aromatic N) is 2. The molecule has 114 valence electrons. The number of sulfone groups is 1. The summed E-state index contributed by atoms with van der Waals surface area (Å²) in [4.78, 5) is 12.5. The summed E-state index contributed by atoms with van der Waals surface area (Å²) >= 11 is 0. The van der Waals surface area contributed by atoms with Gasteiger partial charge in [-0.2, -0.15) is 0 Å². The summed E-state index contributed by atoms with van der Waals surface area (Å²) in [6, 6.07) is 0. The van der Waals surface area contributed by atoms with Crippen molar-refractivity contribution in [1.82, 2.24) is 9.36 Å². The summed E-state index contributed by atoms with van der Waals surface area (Å²) < 4.78 is 27.0. The van der Waals surface area contributed by atoms with Gasteiger partial charge in [-0.15, -0.1) is 0 Å². The first-order chi connectivity index (χ1) is 9.25. The Morgan fingerprint density at radius 2 is 2.00 bits per heavy atom. The van der Waals surface area contributed by atoms with Crippen molar-refractivity contribution in [2.75, 3.05) is 17.2 Å². The van der Waals surface area contributed by atoms with Crippen LogP contribution >= 0.6 is 0 Å². The van der Waals surface area contributed by atoms with Crippen LogP contribution in [0.4, 0.5) is 5.69 Å². The molecule has 2 N–H and O–H groups in total. The summed E-state index contributed by atoms with van der Waals surface area (Å²) in [6.07, 6.45) is 2.08. The van der Waals surface area contributed by atoms with Crippen molar-refractivity contribution in [2.45, 2.75) is 52.1 Å². The van der Waals surface area contributed by atoms with Gasteiger partial charge in [-0.1, -0.05) is 13.3 Å². The van der Waals surface area contributed by atoms with E-state index in [9.17, 15) is 13.2 Å². The monoisotopic (exact) mass is 301 g/mol. The molecule has 0 saturated carbocycles. The Morgan fingerprint density at radius 3 is 2.45 bits per heavy atom. The van der Waals surface area contributed by atoms with Crippen molar-refractivity contribution >= 4 is 15.5 Å². The van der Waals surface area contributed by atoms with Crippen molar-refractivity contribution in [2.24, 2.45) is 0 Å². The molecule has 0 radical (unpaired) electrons. The van der Waals surface area contributed by atoms with E-state index in [1.807, 2.05) is 25.5 Å². The summed E-state index contributed by atoms with van der Waals surface area (Å²) in [5, 5.41) is 0. The number of rotatable bonds is 4. The highest BCUT2D eigenvalue weighted by molar-refractivity contribution is 7.91. The zero-order chi connectivity index (χ0) is 15.1. The quantitative estimate of drug-likeness (QED) is 0.888. The van der Waals surface area contributed by atoms with E-state index in [-0.39, 0.29) is 22.8 Å². The summed E-state index contributed by atoms with van der Waals surface area (Å²) in [5.41, 5.74) is 6.10. The second-order valence-electron chi connectivity index (χ2n) is 5.78. The summed E-state index contributed by atoms with van der Waals surface area (Å²) in [6.45, 7) is 6.42. The summed E-state index contributed by atoms with van der Waals surface area (Å²) in [7, 11) is -3.07. The highest BCUT2D eigenvalue weighted by Crippen LogP contribution is 2.31. The Labute approximate surface area is 119 Å². The lowest BCUT2D eigenvalue weighted by Gasteiger charge is -2.27. The number of nitrogens with two attached hydrogens (primary N) is 1. The van der Waals surface area contributed by atoms with Gasteiger partial charge in [-0.3, -0.25) is 9.48 Å². The highest BCUT2D eigenvalue weighted by atomic mass is 32.2.